The fraction of sp³-hybridized carbons (Fsp3) is 0.269. The predicted octanol–water partition coefficient (Wildman–Crippen LogP) is 5.20. The van der Waals surface area contributed by atoms with Crippen LogP contribution in [0, 0.1) is 12.7 Å². The lowest BCUT2D eigenvalue weighted by molar-refractivity contribution is 0.0909. The quantitative estimate of drug-likeness (QED) is 0.637. The molecule has 1 saturated heterocycles. The van der Waals surface area contributed by atoms with Crippen molar-refractivity contribution in [2.45, 2.75) is 32.4 Å². The molecule has 0 radical (unpaired) electrons. The summed E-state index contributed by atoms with van der Waals surface area (Å²) in [6.07, 6.45) is 1.84. The summed E-state index contributed by atoms with van der Waals surface area (Å²) in [5.74, 6) is -0.453. The summed E-state index contributed by atoms with van der Waals surface area (Å²) < 4.78 is 13.0. The standard InChI is InChI=1S/C26H27FN2O/c1-19-4-2-6-22(16-19)23-7-3-5-20(17-23)18-29-14-12-25(13-15-29)28-26(30)21-8-10-24(27)11-9-21/h2-11,16-17,25H,12-15,18H2,1H3,(H,28,30). The molecule has 0 aliphatic carbocycles. The van der Waals surface area contributed by atoms with E-state index in [0.29, 0.717) is 5.56 Å². The summed E-state index contributed by atoms with van der Waals surface area (Å²) >= 11 is 0. The number of nitrogens with zero attached hydrogens (tertiary/aromatic N) is 1. The molecule has 1 aliphatic rings. The molecule has 30 heavy (non-hydrogen) atoms. The highest BCUT2D eigenvalue weighted by molar-refractivity contribution is 5.94. The van der Waals surface area contributed by atoms with Crippen LogP contribution in [-0.2, 0) is 6.54 Å². The Labute approximate surface area is 177 Å². The molecule has 4 rings (SSSR count). The molecule has 0 bridgehead atoms. The second kappa shape index (κ2) is 9.23. The minimum Gasteiger partial charge on any atom is -0.349 e. The van der Waals surface area contributed by atoms with Gasteiger partial charge >= 0.3 is 0 Å². The largest absolute Gasteiger partial charge is 0.349 e. The number of aryl methyl sites for hydroxylation is 1. The molecular formula is C26H27FN2O. The van der Waals surface area contributed by atoms with Gasteiger partial charge in [-0.2, -0.15) is 0 Å². The lowest BCUT2D eigenvalue weighted by atomic mass is 10.00. The molecule has 0 aromatic heterocycles. The molecule has 0 atom stereocenters. The first-order valence-corrected chi connectivity index (χ1v) is 10.5. The molecule has 1 N–H and O–H groups in total. The molecule has 1 amide bonds. The Bertz CT molecular complexity index is 1010. The van der Waals surface area contributed by atoms with Crippen molar-refractivity contribution >= 4 is 5.91 Å². The zero-order chi connectivity index (χ0) is 20.9. The molecular weight excluding hydrogens is 375 g/mol. The topological polar surface area (TPSA) is 32.3 Å². The van der Waals surface area contributed by atoms with Crippen LogP contribution in [0.2, 0.25) is 0 Å². The number of carbonyl (C=O) groups is 1. The Hall–Kier alpha value is -2.98. The van der Waals surface area contributed by atoms with E-state index in [9.17, 15) is 9.18 Å². The fourth-order valence-corrected chi connectivity index (χ4v) is 4.04. The Morgan fingerprint density at radius 2 is 1.63 bits per heavy atom. The number of rotatable bonds is 5. The van der Waals surface area contributed by atoms with Crippen molar-refractivity contribution in [1.82, 2.24) is 10.2 Å². The minimum absolute atomic E-state index is 0.126. The van der Waals surface area contributed by atoms with Crippen LogP contribution in [0.3, 0.4) is 0 Å². The third-order valence-electron chi connectivity index (χ3n) is 5.71. The molecule has 3 aromatic carbocycles. The van der Waals surface area contributed by atoms with Gasteiger partial charge in [0.1, 0.15) is 5.82 Å². The van der Waals surface area contributed by atoms with Crippen LogP contribution < -0.4 is 5.32 Å². The van der Waals surface area contributed by atoms with Crippen molar-refractivity contribution in [2.75, 3.05) is 13.1 Å². The lowest BCUT2D eigenvalue weighted by Crippen LogP contribution is -2.44. The van der Waals surface area contributed by atoms with Gasteiger partial charge in [0.2, 0.25) is 0 Å². The van der Waals surface area contributed by atoms with E-state index in [1.54, 1.807) is 0 Å². The number of carbonyl (C=O) groups excluding carboxylic acids is 1. The summed E-state index contributed by atoms with van der Waals surface area (Å²) in [5.41, 5.74) is 5.58. The number of amides is 1. The Kier molecular flexibility index (Phi) is 6.24. The van der Waals surface area contributed by atoms with Gasteiger partial charge in [-0.3, -0.25) is 9.69 Å². The molecule has 1 heterocycles. The monoisotopic (exact) mass is 402 g/mol. The molecule has 154 valence electrons. The number of hydrogen-bond donors (Lipinski definition) is 1. The summed E-state index contributed by atoms with van der Waals surface area (Å²) in [6, 6.07) is 23.2. The molecule has 3 nitrogen and oxygen atoms in total. The van der Waals surface area contributed by atoms with E-state index in [1.165, 1.54) is 46.5 Å². The molecule has 0 unspecified atom stereocenters. The zero-order valence-electron chi connectivity index (χ0n) is 17.3. The fourth-order valence-electron chi connectivity index (χ4n) is 4.04. The van der Waals surface area contributed by atoms with Gasteiger partial charge in [0.25, 0.3) is 5.91 Å². The van der Waals surface area contributed by atoms with Crippen molar-refractivity contribution in [1.29, 1.82) is 0 Å². The first-order valence-electron chi connectivity index (χ1n) is 10.5. The number of likely N-dealkylation sites (tertiary alicyclic amines) is 1. The van der Waals surface area contributed by atoms with E-state index in [1.807, 2.05) is 0 Å². The van der Waals surface area contributed by atoms with E-state index in [4.69, 9.17) is 0 Å². The van der Waals surface area contributed by atoms with E-state index < -0.39 is 0 Å². The van der Waals surface area contributed by atoms with Crippen LogP contribution in [0.5, 0.6) is 0 Å². The highest BCUT2D eigenvalue weighted by Gasteiger charge is 2.21. The van der Waals surface area contributed by atoms with Gasteiger partial charge < -0.3 is 5.32 Å². The minimum atomic E-state index is -0.327. The number of nitrogens with one attached hydrogen (secondary N) is 1. The van der Waals surface area contributed by atoms with Crippen LogP contribution in [0.15, 0.2) is 72.8 Å². The van der Waals surface area contributed by atoms with Gasteiger partial charge in [-0.05, 0) is 66.8 Å². The molecule has 3 aromatic rings. The van der Waals surface area contributed by atoms with Gasteiger partial charge in [-0.15, -0.1) is 0 Å². The van der Waals surface area contributed by atoms with E-state index in [-0.39, 0.29) is 17.8 Å². The molecule has 0 saturated carbocycles. The van der Waals surface area contributed by atoms with Gasteiger partial charge in [0.05, 0.1) is 0 Å². The summed E-state index contributed by atoms with van der Waals surface area (Å²) in [6.45, 7) is 4.93. The molecule has 1 aliphatic heterocycles. The third kappa shape index (κ3) is 5.14. The van der Waals surface area contributed by atoms with Crippen molar-refractivity contribution in [3.8, 4) is 11.1 Å². The van der Waals surface area contributed by atoms with Gasteiger partial charge in [0, 0.05) is 31.2 Å². The zero-order valence-corrected chi connectivity index (χ0v) is 17.3. The maximum Gasteiger partial charge on any atom is 0.251 e. The highest BCUT2D eigenvalue weighted by atomic mass is 19.1. The van der Waals surface area contributed by atoms with Crippen molar-refractivity contribution < 1.29 is 9.18 Å². The van der Waals surface area contributed by atoms with Crippen LogP contribution >= 0.6 is 0 Å². The van der Waals surface area contributed by atoms with Crippen molar-refractivity contribution in [3.63, 3.8) is 0 Å². The first kappa shape index (κ1) is 20.3. The number of halogens is 1. The normalized spacial score (nSPS) is 15.1. The van der Waals surface area contributed by atoms with E-state index >= 15 is 0 Å². The number of benzene rings is 3. The van der Waals surface area contributed by atoms with Crippen molar-refractivity contribution in [3.05, 3.63) is 95.3 Å². The summed E-state index contributed by atoms with van der Waals surface area (Å²) in [5, 5.41) is 3.09. The van der Waals surface area contributed by atoms with Gasteiger partial charge in [-0.1, -0.05) is 48.0 Å². The maximum absolute atomic E-state index is 13.0. The Balaban J connectivity index is 1.31. The first-order chi connectivity index (χ1) is 14.6. The van der Waals surface area contributed by atoms with Crippen molar-refractivity contribution in [2.24, 2.45) is 0 Å². The van der Waals surface area contributed by atoms with E-state index in [2.05, 4.69) is 65.7 Å². The Morgan fingerprint density at radius 3 is 2.33 bits per heavy atom. The highest BCUT2D eigenvalue weighted by Crippen LogP contribution is 2.23. The summed E-state index contributed by atoms with van der Waals surface area (Å²) in [4.78, 5) is 14.8. The number of piperidine rings is 1. The van der Waals surface area contributed by atoms with Gasteiger partial charge in [0.15, 0.2) is 0 Å². The summed E-state index contributed by atoms with van der Waals surface area (Å²) in [7, 11) is 0. The SMILES string of the molecule is Cc1cccc(-c2cccc(CN3CCC(NC(=O)c4ccc(F)cc4)CC3)c2)c1. The third-order valence-corrected chi connectivity index (χ3v) is 5.71. The van der Waals surface area contributed by atoms with Crippen LogP contribution in [0.25, 0.3) is 11.1 Å². The van der Waals surface area contributed by atoms with Gasteiger partial charge in [-0.25, -0.2) is 4.39 Å². The van der Waals surface area contributed by atoms with Crippen LogP contribution in [0.4, 0.5) is 4.39 Å². The second-order valence-corrected chi connectivity index (χ2v) is 8.10. The Morgan fingerprint density at radius 1 is 0.967 bits per heavy atom. The average molecular weight is 403 g/mol. The number of hydrogen-bond acceptors (Lipinski definition) is 2. The lowest BCUT2D eigenvalue weighted by Gasteiger charge is -2.32. The molecule has 0 spiro atoms. The molecule has 1 fully saturated rings. The molecule has 4 heteroatoms. The maximum atomic E-state index is 13.0. The average Bonchev–Trinajstić information content (AvgIpc) is 2.76. The van der Waals surface area contributed by atoms with E-state index in [0.717, 1.165) is 32.5 Å². The predicted molar refractivity (Wildman–Crippen MR) is 119 cm³/mol. The second-order valence-electron chi connectivity index (χ2n) is 8.10. The smallest absolute Gasteiger partial charge is 0.251 e. The van der Waals surface area contributed by atoms with Crippen LogP contribution in [0.1, 0.15) is 34.3 Å². The van der Waals surface area contributed by atoms with Crippen LogP contribution in [-0.4, -0.2) is 29.9 Å².